The summed E-state index contributed by atoms with van der Waals surface area (Å²) in [7, 11) is 0. The molecule has 1 aromatic rings. The number of carbonyl (C=O) groups is 1. The number of halogens is 4. The first-order valence-corrected chi connectivity index (χ1v) is 4.38. The molecule has 0 saturated carbocycles. The van der Waals surface area contributed by atoms with Crippen molar-refractivity contribution in [2.75, 3.05) is 0 Å². The van der Waals surface area contributed by atoms with Crippen LogP contribution in [-0.4, -0.2) is 16.1 Å². The first-order chi connectivity index (χ1) is 6.43. The highest BCUT2D eigenvalue weighted by Crippen LogP contribution is 2.24. The van der Waals surface area contributed by atoms with E-state index >= 15 is 0 Å². The van der Waals surface area contributed by atoms with Gasteiger partial charge in [0.05, 0.1) is 9.13 Å². The summed E-state index contributed by atoms with van der Waals surface area (Å²) in [5.74, 6) is -2.73. The molecule has 0 amide bonds. The Kier molecular flexibility index (Phi) is 3.29. The summed E-state index contributed by atoms with van der Waals surface area (Å²) in [5, 5.41) is 8.46. The minimum Gasteiger partial charge on any atom is -0.476 e. The van der Waals surface area contributed by atoms with Crippen molar-refractivity contribution < 1.29 is 23.1 Å². The third kappa shape index (κ3) is 2.14. The molecular weight excluding hydrogens is 314 g/mol. The summed E-state index contributed by atoms with van der Waals surface area (Å²) in [5.41, 5.74) is -1.72. The van der Waals surface area contributed by atoms with Gasteiger partial charge in [0.15, 0.2) is 5.69 Å². The van der Waals surface area contributed by atoms with E-state index in [1.807, 2.05) is 0 Å². The van der Waals surface area contributed by atoms with Crippen molar-refractivity contribution in [3.05, 3.63) is 26.8 Å². The van der Waals surface area contributed by atoms with Gasteiger partial charge in [0.25, 0.3) is 6.43 Å². The normalized spacial score (nSPS) is 10.6. The van der Waals surface area contributed by atoms with Crippen LogP contribution >= 0.6 is 22.6 Å². The molecule has 0 aliphatic heterocycles. The molecule has 1 rings (SSSR count). The second kappa shape index (κ2) is 4.11. The quantitative estimate of drug-likeness (QED) is 0.673. The number of aromatic nitrogens is 1. The van der Waals surface area contributed by atoms with E-state index in [0.29, 0.717) is 0 Å². The smallest absolute Gasteiger partial charge is 0.355 e. The van der Waals surface area contributed by atoms with E-state index in [1.54, 1.807) is 0 Å². The Bertz CT molecular complexity index is 383. The van der Waals surface area contributed by atoms with Crippen molar-refractivity contribution >= 4 is 28.6 Å². The summed E-state index contributed by atoms with van der Waals surface area (Å²) in [6, 6.07) is 0.775. The molecule has 0 aliphatic carbocycles. The van der Waals surface area contributed by atoms with Gasteiger partial charge >= 0.3 is 5.97 Å². The van der Waals surface area contributed by atoms with Crippen LogP contribution in [0.15, 0.2) is 6.07 Å². The van der Waals surface area contributed by atoms with E-state index in [1.165, 1.54) is 22.6 Å². The predicted octanol–water partition coefficient (Wildman–Crippen LogP) is 2.46. The van der Waals surface area contributed by atoms with Gasteiger partial charge in [0.1, 0.15) is 0 Å². The van der Waals surface area contributed by atoms with Crippen molar-refractivity contribution in [2.24, 2.45) is 0 Å². The van der Waals surface area contributed by atoms with E-state index in [0.717, 1.165) is 6.07 Å². The minimum absolute atomic E-state index is 0.136. The fraction of sp³-hybridized carbons (Fsp3) is 0.143. The fourth-order valence-corrected chi connectivity index (χ4v) is 1.27. The minimum atomic E-state index is -2.98. The highest BCUT2D eigenvalue weighted by Gasteiger charge is 2.22. The lowest BCUT2D eigenvalue weighted by Gasteiger charge is -2.04. The maximum absolute atomic E-state index is 12.8. The van der Waals surface area contributed by atoms with Crippen LogP contribution in [0.5, 0.6) is 0 Å². The number of carboxylic acid groups (broad SMARTS) is 1. The lowest BCUT2D eigenvalue weighted by atomic mass is 10.2. The van der Waals surface area contributed by atoms with Crippen LogP contribution < -0.4 is 0 Å². The average molecular weight is 317 g/mol. The SMILES string of the molecule is O=C(O)c1nc(F)c(I)cc1C(F)F. The summed E-state index contributed by atoms with van der Waals surface area (Å²) < 4.78 is 37.2. The summed E-state index contributed by atoms with van der Waals surface area (Å²) in [6.45, 7) is 0. The van der Waals surface area contributed by atoms with E-state index in [-0.39, 0.29) is 3.57 Å². The molecule has 1 heterocycles. The van der Waals surface area contributed by atoms with Crippen LogP contribution in [0.2, 0.25) is 0 Å². The highest BCUT2D eigenvalue weighted by atomic mass is 127. The molecule has 14 heavy (non-hydrogen) atoms. The van der Waals surface area contributed by atoms with Crippen LogP contribution in [0, 0.1) is 9.52 Å². The lowest BCUT2D eigenvalue weighted by molar-refractivity contribution is 0.0675. The number of alkyl halides is 2. The van der Waals surface area contributed by atoms with Gasteiger partial charge in [-0.2, -0.15) is 4.39 Å². The van der Waals surface area contributed by atoms with E-state index < -0.39 is 29.6 Å². The molecule has 0 radical (unpaired) electrons. The van der Waals surface area contributed by atoms with Gasteiger partial charge in [-0.3, -0.25) is 0 Å². The van der Waals surface area contributed by atoms with Crippen molar-refractivity contribution in [2.45, 2.75) is 6.43 Å². The summed E-state index contributed by atoms with van der Waals surface area (Å²) in [4.78, 5) is 13.4. The molecule has 0 unspecified atom stereocenters. The Morgan fingerprint density at radius 1 is 1.57 bits per heavy atom. The summed E-state index contributed by atoms with van der Waals surface area (Å²) >= 11 is 1.46. The third-order valence-electron chi connectivity index (χ3n) is 1.40. The first kappa shape index (κ1) is 11.2. The van der Waals surface area contributed by atoms with Gasteiger partial charge in [0.2, 0.25) is 5.95 Å². The Balaban J connectivity index is 3.39. The topological polar surface area (TPSA) is 50.2 Å². The van der Waals surface area contributed by atoms with Crippen LogP contribution in [0.1, 0.15) is 22.5 Å². The number of carboxylic acids is 1. The second-order valence-corrected chi connectivity index (χ2v) is 3.47. The zero-order valence-electron chi connectivity index (χ0n) is 6.47. The molecule has 0 spiro atoms. The number of hydrogen-bond acceptors (Lipinski definition) is 2. The molecule has 0 atom stereocenters. The fourth-order valence-electron chi connectivity index (χ4n) is 0.818. The van der Waals surface area contributed by atoms with Crippen LogP contribution in [0.25, 0.3) is 0 Å². The lowest BCUT2D eigenvalue weighted by Crippen LogP contribution is -2.09. The maximum atomic E-state index is 12.8. The molecule has 0 saturated heterocycles. The van der Waals surface area contributed by atoms with Crippen molar-refractivity contribution in [1.29, 1.82) is 0 Å². The average Bonchev–Trinajstić information content (AvgIpc) is 2.08. The van der Waals surface area contributed by atoms with Crippen LogP contribution in [0.4, 0.5) is 13.2 Å². The molecule has 1 aromatic heterocycles. The number of pyridine rings is 1. The van der Waals surface area contributed by atoms with Gasteiger partial charge in [-0.25, -0.2) is 18.6 Å². The Morgan fingerprint density at radius 2 is 2.14 bits per heavy atom. The van der Waals surface area contributed by atoms with Gasteiger partial charge in [0, 0.05) is 0 Å². The zero-order chi connectivity index (χ0) is 10.9. The van der Waals surface area contributed by atoms with E-state index in [4.69, 9.17) is 5.11 Å². The van der Waals surface area contributed by atoms with Crippen molar-refractivity contribution in [3.8, 4) is 0 Å². The van der Waals surface area contributed by atoms with E-state index in [9.17, 15) is 18.0 Å². The molecule has 7 heteroatoms. The monoisotopic (exact) mass is 317 g/mol. The number of aromatic carboxylic acids is 1. The van der Waals surface area contributed by atoms with Crippen molar-refractivity contribution in [3.63, 3.8) is 0 Å². The summed E-state index contributed by atoms with van der Waals surface area (Å²) in [6.07, 6.45) is -2.98. The molecule has 0 fully saturated rings. The zero-order valence-corrected chi connectivity index (χ0v) is 8.63. The van der Waals surface area contributed by atoms with Crippen LogP contribution in [-0.2, 0) is 0 Å². The van der Waals surface area contributed by atoms with Crippen molar-refractivity contribution in [1.82, 2.24) is 4.98 Å². The van der Waals surface area contributed by atoms with Gasteiger partial charge in [-0.1, -0.05) is 0 Å². The third-order valence-corrected chi connectivity index (χ3v) is 2.16. The number of rotatable bonds is 2. The standard InChI is InChI=1S/C7H3F3INO2/c8-5(9)2-1-3(11)6(10)12-4(2)7(13)14/h1,5H,(H,13,14). The molecule has 0 aromatic carbocycles. The number of hydrogen-bond donors (Lipinski definition) is 1. The van der Waals surface area contributed by atoms with Gasteiger partial charge < -0.3 is 5.11 Å². The molecule has 0 bridgehead atoms. The second-order valence-electron chi connectivity index (χ2n) is 2.30. The molecule has 76 valence electrons. The van der Waals surface area contributed by atoms with Gasteiger partial charge in [-0.15, -0.1) is 0 Å². The molecular formula is C7H3F3INO2. The molecule has 1 N–H and O–H groups in total. The number of nitrogens with zero attached hydrogens (tertiary/aromatic N) is 1. The molecule has 0 aliphatic rings. The predicted molar refractivity (Wildman–Crippen MR) is 48.8 cm³/mol. The Hall–Kier alpha value is -0.860. The maximum Gasteiger partial charge on any atom is 0.355 e. The van der Waals surface area contributed by atoms with Crippen LogP contribution in [0.3, 0.4) is 0 Å². The Labute approximate surface area is 90.1 Å². The largest absolute Gasteiger partial charge is 0.476 e. The highest BCUT2D eigenvalue weighted by molar-refractivity contribution is 14.1. The Morgan fingerprint density at radius 3 is 2.57 bits per heavy atom. The molecule has 3 nitrogen and oxygen atoms in total. The van der Waals surface area contributed by atoms with E-state index in [2.05, 4.69) is 4.98 Å². The van der Waals surface area contributed by atoms with Gasteiger partial charge in [-0.05, 0) is 28.7 Å². The first-order valence-electron chi connectivity index (χ1n) is 3.31.